The van der Waals surface area contributed by atoms with Crippen molar-refractivity contribution in [2.45, 2.75) is 6.92 Å². The molecule has 5 nitrogen and oxygen atoms in total. The lowest BCUT2D eigenvalue weighted by molar-refractivity contribution is 0.0696. The predicted molar refractivity (Wildman–Crippen MR) is 67.1 cm³/mol. The van der Waals surface area contributed by atoms with Crippen LogP contribution in [-0.4, -0.2) is 25.8 Å². The monoisotopic (exact) mass is 241 g/mol. The highest BCUT2D eigenvalue weighted by molar-refractivity contribution is 5.88. The zero-order valence-corrected chi connectivity index (χ0v) is 9.71. The molecule has 2 aromatic heterocycles. The number of H-pyrrole nitrogens is 1. The van der Waals surface area contributed by atoms with Gasteiger partial charge in [-0.15, -0.1) is 0 Å². The van der Waals surface area contributed by atoms with E-state index in [2.05, 4.69) is 10.1 Å². The fourth-order valence-electron chi connectivity index (χ4n) is 1.99. The van der Waals surface area contributed by atoms with E-state index in [1.807, 2.05) is 30.5 Å². The van der Waals surface area contributed by atoms with Gasteiger partial charge in [0.2, 0.25) is 0 Å². The molecule has 0 aliphatic heterocycles. The van der Waals surface area contributed by atoms with Gasteiger partial charge in [0, 0.05) is 23.3 Å². The maximum Gasteiger partial charge on any atom is 0.339 e. The van der Waals surface area contributed by atoms with Crippen molar-refractivity contribution >= 4 is 16.9 Å². The summed E-state index contributed by atoms with van der Waals surface area (Å²) in [6.07, 6.45) is 3.40. The molecular weight excluding hydrogens is 230 g/mol. The third-order valence-corrected chi connectivity index (χ3v) is 2.93. The van der Waals surface area contributed by atoms with E-state index in [1.165, 1.54) is 6.20 Å². The van der Waals surface area contributed by atoms with Crippen molar-refractivity contribution in [1.82, 2.24) is 14.8 Å². The highest BCUT2D eigenvalue weighted by atomic mass is 16.4. The van der Waals surface area contributed by atoms with Gasteiger partial charge in [-0.1, -0.05) is 0 Å². The molecule has 2 heterocycles. The Morgan fingerprint density at radius 2 is 2.22 bits per heavy atom. The summed E-state index contributed by atoms with van der Waals surface area (Å²) in [6, 6.07) is 7.77. The van der Waals surface area contributed by atoms with E-state index in [-0.39, 0.29) is 5.56 Å². The number of nitrogens with zero attached hydrogens (tertiary/aromatic N) is 2. The van der Waals surface area contributed by atoms with Crippen LogP contribution in [0.25, 0.3) is 16.6 Å². The Morgan fingerprint density at radius 1 is 1.39 bits per heavy atom. The van der Waals surface area contributed by atoms with Crippen molar-refractivity contribution in [3.63, 3.8) is 0 Å². The van der Waals surface area contributed by atoms with Crippen molar-refractivity contribution in [1.29, 1.82) is 0 Å². The molecule has 90 valence electrons. The van der Waals surface area contributed by atoms with Gasteiger partial charge in [0.15, 0.2) is 0 Å². The third-order valence-electron chi connectivity index (χ3n) is 2.93. The van der Waals surface area contributed by atoms with Crippen molar-refractivity contribution in [3.05, 3.63) is 47.9 Å². The molecule has 0 amide bonds. The first-order valence-electron chi connectivity index (χ1n) is 5.52. The quantitative estimate of drug-likeness (QED) is 0.723. The number of hydrogen-bond donors (Lipinski definition) is 2. The van der Waals surface area contributed by atoms with Crippen LogP contribution >= 0.6 is 0 Å². The van der Waals surface area contributed by atoms with Crippen LogP contribution in [0.4, 0.5) is 0 Å². The van der Waals surface area contributed by atoms with Crippen LogP contribution in [0.2, 0.25) is 0 Å². The standard InChI is InChI=1S/C13H11N3O2/c1-8-11(13(17)18)7-16(15-8)10-2-3-12-9(6-10)4-5-14-12/h2-7,14H,1H3,(H,17,18). The molecule has 0 bridgehead atoms. The van der Waals surface area contributed by atoms with Crippen molar-refractivity contribution in [3.8, 4) is 5.69 Å². The second-order valence-corrected chi connectivity index (χ2v) is 4.13. The van der Waals surface area contributed by atoms with Crippen LogP contribution in [0.5, 0.6) is 0 Å². The van der Waals surface area contributed by atoms with Crippen LogP contribution in [0.15, 0.2) is 36.7 Å². The number of hydrogen-bond acceptors (Lipinski definition) is 2. The predicted octanol–water partition coefficient (Wildman–Crippen LogP) is 2.36. The van der Waals surface area contributed by atoms with E-state index in [0.29, 0.717) is 5.69 Å². The molecule has 0 radical (unpaired) electrons. The van der Waals surface area contributed by atoms with Gasteiger partial charge >= 0.3 is 5.97 Å². The molecule has 0 aliphatic rings. The van der Waals surface area contributed by atoms with Gasteiger partial charge < -0.3 is 10.1 Å². The summed E-state index contributed by atoms with van der Waals surface area (Å²) in [6.45, 7) is 1.69. The normalized spacial score (nSPS) is 10.9. The highest BCUT2D eigenvalue weighted by Crippen LogP contribution is 2.18. The number of aromatic carboxylic acids is 1. The maximum absolute atomic E-state index is 11.0. The third kappa shape index (κ3) is 1.57. The van der Waals surface area contributed by atoms with Crippen molar-refractivity contribution in [2.75, 3.05) is 0 Å². The molecule has 5 heteroatoms. The summed E-state index contributed by atoms with van der Waals surface area (Å²) >= 11 is 0. The topological polar surface area (TPSA) is 70.9 Å². The molecule has 2 N–H and O–H groups in total. The second-order valence-electron chi connectivity index (χ2n) is 4.13. The number of nitrogens with one attached hydrogen (secondary N) is 1. The molecule has 0 saturated carbocycles. The summed E-state index contributed by atoms with van der Waals surface area (Å²) < 4.78 is 1.59. The molecule has 0 spiro atoms. The molecule has 3 rings (SSSR count). The summed E-state index contributed by atoms with van der Waals surface area (Å²) in [7, 11) is 0. The molecule has 0 fully saturated rings. The molecule has 18 heavy (non-hydrogen) atoms. The molecule has 0 aliphatic carbocycles. The van der Waals surface area contributed by atoms with Gasteiger partial charge in [0.05, 0.1) is 11.4 Å². The summed E-state index contributed by atoms with van der Waals surface area (Å²) in [5.74, 6) is -0.957. The van der Waals surface area contributed by atoms with Gasteiger partial charge in [-0.3, -0.25) is 0 Å². The first-order chi connectivity index (χ1) is 8.65. The zero-order valence-electron chi connectivity index (χ0n) is 9.71. The number of aromatic amines is 1. The summed E-state index contributed by atoms with van der Waals surface area (Å²) in [5, 5.41) is 14.3. The number of benzene rings is 1. The number of aromatic nitrogens is 3. The first-order valence-corrected chi connectivity index (χ1v) is 5.52. The molecule has 0 unspecified atom stereocenters. The largest absolute Gasteiger partial charge is 0.478 e. The number of carbonyl (C=O) groups is 1. The summed E-state index contributed by atoms with van der Waals surface area (Å²) in [5.41, 5.74) is 2.62. The average Bonchev–Trinajstić information content (AvgIpc) is 2.93. The van der Waals surface area contributed by atoms with Crippen LogP contribution < -0.4 is 0 Å². The van der Waals surface area contributed by atoms with E-state index < -0.39 is 5.97 Å². The Kier molecular flexibility index (Phi) is 2.19. The van der Waals surface area contributed by atoms with Crippen molar-refractivity contribution in [2.24, 2.45) is 0 Å². The van der Waals surface area contributed by atoms with Gasteiger partial charge in [0.1, 0.15) is 5.56 Å². The minimum absolute atomic E-state index is 0.226. The number of rotatable bonds is 2. The highest BCUT2D eigenvalue weighted by Gasteiger charge is 2.12. The zero-order chi connectivity index (χ0) is 12.7. The van der Waals surface area contributed by atoms with Crippen LogP contribution in [-0.2, 0) is 0 Å². The van der Waals surface area contributed by atoms with E-state index in [9.17, 15) is 4.79 Å². The molecule has 0 atom stereocenters. The second kappa shape index (κ2) is 3.73. The lowest BCUT2D eigenvalue weighted by Crippen LogP contribution is -1.96. The van der Waals surface area contributed by atoms with Crippen molar-refractivity contribution < 1.29 is 9.90 Å². The van der Waals surface area contributed by atoms with Crippen LogP contribution in [0, 0.1) is 6.92 Å². The lowest BCUT2D eigenvalue weighted by Gasteiger charge is -2.00. The van der Waals surface area contributed by atoms with E-state index in [4.69, 9.17) is 5.11 Å². The number of fused-ring (bicyclic) bond motifs is 1. The number of carboxylic acid groups (broad SMARTS) is 1. The van der Waals surface area contributed by atoms with Crippen LogP contribution in [0.1, 0.15) is 16.1 Å². The average molecular weight is 241 g/mol. The number of aryl methyl sites for hydroxylation is 1. The Labute approximate surface area is 103 Å². The van der Waals surface area contributed by atoms with Crippen LogP contribution in [0.3, 0.4) is 0 Å². The fourth-order valence-corrected chi connectivity index (χ4v) is 1.99. The molecule has 1 aromatic carbocycles. The molecular formula is C13H11N3O2. The Hall–Kier alpha value is -2.56. The summed E-state index contributed by atoms with van der Waals surface area (Å²) in [4.78, 5) is 14.1. The Morgan fingerprint density at radius 3 is 2.94 bits per heavy atom. The lowest BCUT2D eigenvalue weighted by atomic mass is 10.2. The molecule has 0 saturated heterocycles. The number of carboxylic acids is 1. The van der Waals surface area contributed by atoms with Gasteiger partial charge in [-0.25, -0.2) is 9.48 Å². The van der Waals surface area contributed by atoms with Gasteiger partial charge in [-0.05, 0) is 31.2 Å². The SMILES string of the molecule is Cc1nn(-c2ccc3[nH]ccc3c2)cc1C(=O)O. The van der Waals surface area contributed by atoms with Gasteiger partial charge in [0.25, 0.3) is 0 Å². The molecule has 3 aromatic rings. The van der Waals surface area contributed by atoms with E-state index in [0.717, 1.165) is 16.6 Å². The van der Waals surface area contributed by atoms with E-state index in [1.54, 1.807) is 11.6 Å². The van der Waals surface area contributed by atoms with E-state index >= 15 is 0 Å². The Balaban J connectivity index is 2.13. The fraction of sp³-hybridized carbons (Fsp3) is 0.0769. The maximum atomic E-state index is 11.0. The Bertz CT molecular complexity index is 740. The minimum Gasteiger partial charge on any atom is -0.478 e. The van der Waals surface area contributed by atoms with Gasteiger partial charge in [-0.2, -0.15) is 5.10 Å². The first kappa shape index (κ1) is 10.6. The minimum atomic E-state index is -0.957. The smallest absolute Gasteiger partial charge is 0.339 e.